The van der Waals surface area contributed by atoms with Crippen LogP contribution < -0.4 is 5.32 Å². The highest BCUT2D eigenvalue weighted by atomic mass is 32.2. The monoisotopic (exact) mass is 335 g/mol. The lowest BCUT2D eigenvalue weighted by Crippen LogP contribution is -2.14. The summed E-state index contributed by atoms with van der Waals surface area (Å²) in [4.78, 5) is 27.7. The SMILES string of the molecule is O=C(CSc1ncnc2nc[nH]c12)Nc1cccc2ccccc12. The van der Waals surface area contributed by atoms with Crippen LogP contribution in [0, 0.1) is 0 Å². The molecule has 2 heterocycles. The van der Waals surface area contributed by atoms with Gasteiger partial charge in [0.25, 0.3) is 0 Å². The van der Waals surface area contributed by atoms with Gasteiger partial charge >= 0.3 is 0 Å². The van der Waals surface area contributed by atoms with Gasteiger partial charge < -0.3 is 10.3 Å². The Morgan fingerprint density at radius 2 is 1.96 bits per heavy atom. The maximum atomic E-state index is 12.3. The number of benzene rings is 2. The first-order valence-corrected chi connectivity index (χ1v) is 8.34. The normalized spacial score (nSPS) is 11.0. The van der Waals surface area contributed by atoms with E-state index in [4.69, 9.17) is 0 Å². The molecule has 6 nitrogen and oxygen atoms in total. The van der Waals surface area contributed by atoms with E-state index in [1.807, 2.05) is 42.5 Å². The molecule has 7 heteroatoms. The fourth-order valence-electron chi connectivity index (χ4n) is 2.51. The Bertz CT molecular complexity index is 1020. The molecule has 0 saturated carbocycles. The highest BCUT2D eigenvalue weighted by molar-refractivity contribution is 8.00. The molecule has 0 aliphatic heterocycles. The quantitative estimate of drug-likeness (QED) is 0.442. The summed E-state index contributed by atoms with van der Waals surface area (Å²) in [6, 6.07) is 13.8. The molecule has 2 aromatic carbocycles. The van der Waals surface area contributed by atoms with Gasteiger partial charge in [-0.2, -0.15) is 0 Å². The van der Waals surface area contributed by atoms with Gasteiger partial charge in [0.15, 0.2) is 5.65 Å². The number of aromatic amines is 1. The fraction of sp³-hybridized carbons (Fsp3) is 0.0588. The summed E-state index contributed by atoms with van der Waals surface area (Å²) in [5, 5.41) is 5.80. The largest absolute Gasteiger partial charge is 0.341 e. The van der Waals surface area contributed by atoms with Gasteiger partial charge in [0.2, 0.25) is 5.91 Å². The lowest BCUT2D eigenvalue weighted by atomic mass is 10.1. The maximum absolute atomic E-state index is 12.3. The van der Waals surface area contributed by atoms with Crippen LogP contribution in [0.25, 0.3) is 21.9 Å². The third kappa shape index (κ3) is 2.81. The van der Waals surface area contributed by atoms with E-state index in [2.05, 4.69) is 25.3 Å². The number of nitrogens with one attached hydrogen (secondary N) is 2. The standard InChI is InChI=1S/C17H13N5OS/c23-14(8-24-17-15-16(19-9-18-15)20-10-21-17)22-13-7-3-5-11-4-1-2-6-12(11)13/h1-7,9-10H,8H2,(H,22,23)(H,18,19,20,21). The molecule has 0 aliphatic carbocycles. The lowest BCUT2D eigenvalue weighted by molar-refractivity contribution is -0.113. The first-order chi connectivity index (χ1) is 11.8. The molecule has 4 aromatic rings. The summed E-state index contributed by atoms with van der Waals surface area (Å²) < 4.78 is 0. The Morgan fingerprint density at radius 3 is 2.92 bits per heavy atom. The molecule has 0 atom stereocenters. The predicted octanol–water partition coefficient (Wildman–Crippen LogP) is 3.24. The minimum absolute atomic E-state index is 0.0809. The maximum Gasteiger partial charge on any atom is 0.234 e. The van der Waals surface area contributed by atoms with Crippen molar-refractivity contribution in [1.82, 2.24) is 19.9 Å². The van der Waals surface area contributed by atoms with Crippen LogP contribution in [0.3, 0.4) is 0 Å². The van der Waals surface area contributed by atoms with Crippen molar-refractivity contribution in [2.24, 2.45) is 0 Å². The molecule has 1 amide bonds. The summed E-state index contributed by atoms with van der Waals surface area (Å²) in [5.41, 5.74) is 2.16. The Kier molecular flexibility index (Phi) is 3.84. The summed E-state index contributed by atoms with van der Waals surface area (Å²) in [5.74, 6) is 0.177. The van der Waals surface area contributed by atoms with E-state index in [-0.39, 0.29) is 11.7 Å². The molecular weight excluding hydrogens is 322 g/mol. The first-order valence-electron chi connectivity index (χ1n) is 7.36. The molecule has 2 N–H and O–H groups in total. The molecule has 2 aromatic heterocycles. The number of hydrogen-bond acceptors (Lipinski definition) is 5. The van der Waals surface area contributed by atoms with E-state index in [1.165, 1.54) is 18.1 Å². The Labute approximate surface area is 141 Å². The van der Waals surface area contributed by atoms with Crippen molar-refractivity contribution in [2.45, 2.75) is 5.03 Å². The third-order valence-electron chi connectivity index (χ3n) is 3.59. The average Bonchev–Trinajstić information content (AvgIpc) is 3.09. The molecule has 118 valence electrons. The van der Waals surface area contributed by atoms with E-state index in [0.717, 1.165) is 22.0 Å². The predicted molar refractivity (Wildman–Crippen MR) is 95.0 cm³/mol. The van der Waals surface area contributed by atoms with E-state index < -0.39 is 0 Å². The molecule has 0 aliphatic rings. The second kappa shape index (κ2) is 6.29. The summed E-state index contributed by atoms with van der Waals surface area (Å²) in [6.07, 6.45) is 3.02. The van der Waals surface area contributed by atoms with Crippen molar-refractivity contribution in [3.63, 3.8) is 0 Å². The zero-order valence-electron chi connectivity index (χ0n) is 12.6. The molecule has 0 fully saturated rings. The van der Waals surface area contributed by atoms with Crippen LogP contribution in [0.4, 0.5) is 5.69 Å². The van der Waals surface area contributed by atoms with Gasteiger partial charge in [0.1, 0.15) is 16.9 Å². The molecule has 0 unspecified atom stereocenters. The smallest absolute Gasteiger partial charge is 0.234 e. The molecule has 24 heavy (non-hydrogen) atoms. The summed E-state index contributed by atoms with van der Waals surface area (Å²) in [7, 11) is 0. The number of carbonyl (C=O) groups is 1. The van der Waals surface area contributed by atoms with Crippen LogP contribution in [0.2, 0.25) is 0 Å². The molecule has 0 saturated heterocycles. The Hall–Kier alpha value is -2.93. The van der Waals surface area contributed by atoms with E-state index in [0.29, 0.717) is 10.7 Å². The van der Waals surface area contributed by atoms with Gasteiger partial charge in [-0.1, -0.05) is 48.2 Å². The Morgan fingerprint density at radius 1 is 1.08 bits per heavy atom. The van der Waals surface area contributed by atoms with Gasteiger partial charge in [-0.15, -0.1) is 0 Å². The summed E-state index contributed by atoms with van der Waals surface area (Å²) >= 11 is 1.35. The highest BCUT2D eigenvalue weighted by Crippen LogP contribution is 2.25. The van der Waals surface area contributed by atoms with E-state index >= 15 is 0 Å². The number of fused-ring (bicyclic) bond motifs is 2. The fourth-order valence-corrected chi connectivity index (χ4v) is 3.26. The van der Waals surface area contributed by atoms with Crippen molar-refractivity contribution in [2.75, 3.05) is 11.1 Å². The number of aromatic nitrogens is 4. The summed E-state index contributed by atoms with van der Waals surface area (Å²) in [6.45, 7) is 0. The van der Waals surface area contributed by atoms with E-state index in [1.54, 1.807) is 6.33 Å². The van der Waals surface area contributed by atoms with Crippen LogP contribution in [0.1, 0.15) is 0 Å². The van der Waals surface area contributed by atoms with Crippen molar-refractivity contribution in [3.8, 4) is 0 Å². The zero-order valence-corrected chi connectivity index (χ0v) is 13.4. The van der Waals surface area contributed by atoms with Crippen LogP contribution >= 0.6 is 11.8 Å². The first kappa shape index (κ1) is 14.6. The number of rotatable bonds is 4. The van der Waals surface area contributed by atoms with Crippen LogP contribution in [-0.4, -0.2) is 31.6 Å². The molecule has 0 bridgehead atoms. The van der Waals surface area contributed by atoms with Crippen molar-refractivity contribution in [1.29, 1.82) is 0 Å². The number of H-pyrrole nitrogens is 1. The molecule has 0 radical (unpaired) electrons. The molecule has 0 spiro atoms. The van der Waals surface area contributed by atoms with Crippen LogP contribution in [0.15, 0.2) is 60.1 Å². The Balaban J connectivity index is 1.50. The van der Waals surface area contributed by atoms with Crippen LogP contribution in [-0.2, 0) is 4.79 Å². The number of amides is 1. The van der Waals surface area contributed by atoms with Crippen molar-refractivity contribution in [3.05, 3.63) is 55.1 Å². The van der Waals surface area contributed by atoms with E-state index in [9.17, 15) is 4.79 Å². The number of thioether (sulfide) groups is 1. The number of anilines is 1. The van der Waals surface area contributed by atoms with Gasteiger partial charge in [0, 0.05) is 11.1 Å². The molecule has 4 rings (SSSR count). The number of imidazole rings is 1. The average molecular weight is 335 g/mol. The topological polar surface area (TPSA) is 83.6 Å². The highest BCUT2D eigenvalue weighted by Gasteiger charge is 2.10. The van der Waals surface area contributed by atoms with Gasteiger partial charge in [-0.05, 0) is 11.5 Å². The van der Waals surface area contributed by atoms with Gasteiger partial charge in [-0.25, -0.2) is 15.0 Å². The lowest BCUT2D eigenvalue weighted by Gasteiger charge is -2.08. The second-order valence-corrected chi connectivity index (χ2v) is 6.11. The number of hydrogen-bond donors (Lipinski definition) is 2. The van der Waals surface area contributed by atoms with Crippen molar-refractivity contribution < 1.29 is 4.79 Å². The van der Waals surface area contributed by atoms with Crippen LogP contribution in [0.5, 0.6) is 0 Å². The van der Waals surface area contributed by atoms with Gasteiger partial charge in [0.05, 0.1) is 12.1 Å². The molecular formula is C17H13N5OS. The third-order valence-corrected chi connectivity index (χ3v) is 4.58. The number of nitrogens with zero attached hydrogens (tertiary/aromatic N) is 3. The minimum atomic E-state index is -0.0809. The number of carbonyl (C=O) groups excluding carboxylic acids is 1. The zero-order chi connectivity index (χ0) is 16.4. The van der Waals surface area contributed by atoms with Gasteiger partial charge in [-0.3, -0.25) is 4.79 Å². The minimum Gasteiger partial charge on any atom is -0.341 e. The second-order valence-electron chi connectivity index (χ2n) is 5.14. The van der Waals surface area contributed by atoms with Crippen molar-refractivity contribution >= 4 is 45.3 Å².